The van der Waals surface area contributed by atoms with Gasteiger partial charge in [-0.2, -0.15) is 0 Å². The number of aliphatic hydroxyl groups is 1. The molecule has 1 aliphatic heterocycles. The van der Waals surface area contributed by atoms with Crippen LogP contribution in [0.4, 0.5) is 0 Å². The van der Waals surface area contributed by atoms with Crippen molar-refractivity contribution in [3.63, 3.8) is 0 Å². The average Bonchev–Trinajstić information content (AvgIpc) is 2.80. The molecule has 0 bridgehead atoms. The van der Waals surface area contributed by atoms with E-state index in [1.807, 2.05) is 38.1 Å². The number of benzene rings is 1. The number of hydrogen-bond donors (Lipinski definition) is 1. The summed E-state index contributed by atoms with van der Waals surface area (Å²) >= 11 is 1.54. The molecule has 0 saturated carbocycles. The number of ether oxygens (including phenoxy) is 1. The fourth-order valence-electron chi connectivity index (χ4n) is 2.21. The van der Waals surface area contributed by atoms with Gasteiger partial charge in [0.2, 0.25) is 0 Å². The van der Waals surface area contributed by atoms with Crippen molar-refractivity contribution in [3.05, 3.63) is 40.3 Å². The highest BCUT2D eigenvalue weighted by molar-refractivity contribution is 8.03. The van der Waals surface area contributed by atoms with Gasteiger partial charge in [0, 0.05) is 10.7 Å². The van der Waals surface area contributed by atoms with Gasteiger partial charge in [-0.05, 0) is 25.0 Å². The number of allylic oxidation sites excluding steroid dienone is 1. The molecule has 0 aromatic heterocycles. The third kappa shape index (κ3) is 2.85. The zero-order valence-electron chi connectivity index (χ0n) is 11.3. The van der Waals surface area contributed by atoms with Crippen LogP contribution in [0, 0.1) is 12.8 Å². The Hall–Kier alpha value is -1.26. The van der Waals surface area contributed by atoms with Crippen molar-refractivity contribution in [2.75, 3.05) is 12.9 Å². The Morgan fingerprint density at radius 3 is 2.58 bits per heavy atom. The summed E-state index contributed by atoms with van der Waals surface area (Å²) in [5.74, 6) is -0.367. The van der Waals surface area contributed by atoms with Crippen molar-refractivity contribution in [2.45, 2.75) is 20.0 Å². The first-order valence-electron chi connectivity index (χ1n) is 6.21. The molecule has 2 atom stereocenters. The number of carbonyl (C=O) groups is 1. The van der Waals surface area contributed by atoms with E-state index in [9.17, 15) is 9.90 Å². The molecule has 4 heteroatoms. The van der Waals surface area contributed by atoms with Crippen LogP contribution in [0.25, 0.3) is 5.57 Å². The molecule has 1 N–H and O–H groups in total. The smallest absolute Gasteiger partial charge is 0.316 e. The van der Waals surface area contributed by atoms with Crippen molar-refractivity contribution >= 4 is 23.3 Å². The Balaban J connectivity index is 2.39. The highest BCUT2D eigenvalue weighted by atomic mass is 32.2. The summed E-state index contributed by atoms with van der Waals surface area (Å²) in [6.07, 6.45) is -0.659. The summed E-state index contributed by atoms with van der Waals surface area (Å²) in [5.41, 5.74) is 3.32. The second-order valence-electron chi connectivity index (χ2n) is 4.73. The molecule has 2 rings (SSSR count). The molecule has 1 aromatic carbocycles. The van der Waals surface area contributed by atoms with Crippen LogP contribution in [0.3, 0.4) is 0 Å². The van der Waals surface area contributed by atoms with Crippen molar-refractivity contribution in [3.8, 4) is 0 Å². The van der Waals surface area contributed by atoms with Gasteiger partial charge in [-0.25, -0.2) is 0 Å². The predicted molar refractivity (Wildman–Crippen MR) is 77.7 cm³/mol. The maximum absolute atomic E-state index is 11.8. The number of thioether (sulfide) groups is 1. The van der Waals surface area contributed by atoms with E-state index in [0.717, 1.165) is 16.0 Å². The van der Waals surface area contributed by atoms with Crippen LogP contribution in [0.2, 0.25) is 0 Å². The average molecular weight is 278 g/mol. The van der Waals surface area contributed by atoms with Crippen LogP contribution in [-0.4, -0.2) is 30.0 Å². The lowest BCUT2D eigenvalue weighted by molar-refractivity contribution is -0.146. The molecule has 3 nitrogen and oxygen atoms in total. The molecule has 0 aliphatic carbocycles. The fourth-order valence-corrected chi connectivity index (χ4v) is 3.52. The summed E-state index contributed by atoms with van der Waals surface area (Å²) in [5, 5.41) is 9.94. The molecule has 0 amide bonds. The largest absolute Gasteiger partial charge is 0.468 e. The Morgan fingerprint density at radius 1 is 1.37 bits per heavy atom. The minimum atomic E-state index is -0.659. The highest BCUT2D eigenvalue weighted by Gasteiger charge is 2.38. The first-order chi connectivity index (χ1) is 9.04. The number of methoxy groups -OCH3 is 1. The summed E-state index contributed by atoms with van der Waals surface area (Å²) in [7, 11) is 1.36. The molecule has 1 saturated heterocycles. The summed E-state index contributed by atoms with van der Waals surface area (Å²) in [4.78, 5) is 12.7. The first-order valence-corrected chi connectivity index (χ1v) is 7.19. The van der Waals surface area contributed by atoms with Crippen molar-refractivity contribution in [1.29, 1.82) is 0 Å². The van der Waals surface area contributed by atoms with E-state index < -0.39 is 12.0 Å². The van der Waals surface area contributed by atoms with Crippen LogP contribution >= 0.6 is 11.8 Å². The topological polar surface area (TPSA) is 46.5 Å². The van der Waals surface area contributed by atoms with E-state index in [4.69, 9.17) is 4.74 Å². The molecule has 1 heterocycles. The van der Waals surface area contributed by atoms with Crippen LogP contribution in [0.1, 0.15) is 18.1 Å². The zero-order chi connectivity index (χ0) is 14.0. The maximum atomic E-state index is 11.8. The molecule has 0 radical (unpaired) electrons. The van der Waals surface area contributed by atoms with Gasteiger partial charge >= 0.3 is 5.97 Å². The summed E-state index contributed by atoms with van der Waals surface area (Å²) < 4.78 is 4.79. The molecule has 1 aliphatic rings. The standard InChI is InChI=1S/C15H18O3S/c1-9-4-6-11(7-5-9)10(2)14-13(15(17)18-3)12(16)8-19-14/h4-7,12-13,16H,8H2,1-3H3/b14-10+. The van der Waals surface area contributed by atoms with Crippen LogP contribution in [0.15, 0.2) is 29.2 Å². The van der Waals surface area contributed by atoms with Crippen LogP contribution in [0.5, 0.6) is 0 Å². The molecule has 1 aromatic rings. The molecule has 102 valence electrons. The van der Waals surface area contributed by atoms with Crippen molar-refractivity contribution in [2.24, 2.45) is 5.92 Å². The molecular weight excluding hydrogens is 260 g/mol. The molecule has 2 unspecified atom stereocenters. The maximum Gasteiger partial charge on any atom is 0.316 e. The van der Waals surface area contributed by atoms with E-state index >= 15 is 0 Å². The number of esters is 1. The number of aryl methyl sites for hydroxylation is 1. The number of hydrogen-bond acceptors (Lipinski definition) is 4. The Bertz CT molecular complexity index is 505. The van der Waals surface area contributed by atoms with Gasteiger partial charge in [0.1, 0.15) is 5.92 Å². The molecule has 0 spiro atoms. The van der Waals surface area contributed by atoms with Crippen LogP contribution < -0.4 is 0 Å². The summed E-state index contributed by atoms with van der Waals surface area (Å²) in [6.45, 7) is 4.03. The van der Waals surface area contributed by atoms with Gasteiger partial charge in [-0.15, -0.1) is 11.8 Å². The third-order valence-electron chi connectivity index (χ3n) is 3.39. The van der Waals surface area contributed by atoms with E-state index in [-0.39, 0.29) is 5.97 Å². The van der Waals surface area contributed by atoms with E-state index in [1.165, 1.54) is 24.4 Å². The Labute approximate surface area is 117 Å². The SMILES string of the molecule is COC(=O)C1/C(=C(/C)c2ccc(C)cc2)SCC1O. The van der Waals surface area contributed by atoms with Gasteiger partial charge in [-0.1, -0.05) is 29.8 Å². The van der Waals surface area contributed by atoms with E-state index in [2.05, 4.69) is 0 Å². The van der Waals surface area contributed by atoms with Gasteiger partial charge in [0.15, 0.2) is 0 Å². The second-order valence-corrected chi connectivity index (χ2v) is 5.80. The molecule has 1 fully saturated rings. The van der Waals surface area contributed by atoms with Crippen LogP contribution in [-0.2, 0) is 9.53 Å². The fraction of sp³-hybridized carbons (Fsp3) is 0.400. The third-order valence-corrected chi connectivity index (χ3v) is 4.77. The van der Waals surface area contributed by atoms with E-state index in [0.29, 0.717) is 5.75 Å². The lowest BCUT2D eigenvalue weighted by Crippen LogP contribution is -2.27. The predicted octanol–water partition coefficient (Wildman–Crippen LogP) is 2.62. The minimum absolute atomic E-state index is 0.362. The van der Waals surface area contributed by atoms with Gasteiger partial charge in [-0.3, -0.25) is 4.79 Å². The number of aliphatic hydroxyl groups excluding tert-OH is 1. The lowest BCUT2D eigenvalue weighted by Gasteiger charge is -2.15. The lowest BCUT2D eigenvalue weighted by atomic mass is 9.97. The molecule has 19 heavy (non-hydrogen) atoms. The number of carbonyl (C=O) groups excluding carboxylic acids is 1. The van der Waals surface area contributed by atoms with Gasteiger partial charge in [0.25, 0.3) is 0 Å². The second kappa shape index (κ2) is 5.80. The van der Waals surface area contributed by atoms with E-state index in [1.54, 1.807) is 0 Å². The zero-order valence-corrected chi connectivity index (χ0v) is 12.2. The number of rotatable bonds is 2. The first kappa shape index (κ1) is 14.2. The molecular formula is C15H18O3S. The highest BCUT2D eigenvalue weighted by Crippen LogP contribution is 2.42. The normalized spacial score (nSPS) is 25.3. The monoisotopic (exact) mass is 278 g/mol. The minimum Gasteiger partial charge on any atom is -0.468 e. The summed E-state index contributed by atoms with van der Waals surface area (Å²) in [6, 6.07) is 8.17. The Morgan fingerprint density at radius 2 is 2.00 bits per heavy atom. The van der Waals surface area contributed by atoms with Gasteiger partial charge in [0.05, 0.1) is 13.2 Å². The van der Waals surface area contributed by atoms with Crippen molar-refractivity contribution < 1.29 is 14.6 Å². The Kier molecular flexibility index (Phi) is 4.32. The van der Waals surface area contributed by atoms with Gasteiger partial charge < -0.3 is 9.84 Å². The van der Waals surface area contributed by atoms with Crippen molar-refractivity contribution in [1.82, 2.24) is 0 Å². The quantitative estimate of drug-likeness (QED) is 0.845.